The van der Waals surface area contributed by atoms with E-state index in [0.29, 0.717) is 12.5 Å². The van der Waals surface area contributed by atoms with Crippen LogP contribution in [-0.4, -0.2) is 60.6 Å². The molecule has 1 aromatic heterocycles. The zero-order valence-corrected chi connectivity index (χ0v) is 10.8. The van der Waals surface area contributed by atoms with Gasteiger partial charge in [-0.1, -0.05) is 0 Å². The van der Waals surface area contributed by atoms with Gasteiger partial charge in [0.25, 0.3) is 0 Å². The summed E-state index contributed by atoms with van der Waals surface area (Å²) in [5.74, 6) is 1.38. The van der Waals surface area contributed by atoms with Crippen LogP contribution in [0.2, 0.25) is 0 Å². The molecule has 96 valence electrons. The molecule has 1 rings (SSSR count). The Hall–Kier alpha value is -1.40. The molecule has 0 aliphatic carbocycles. The molecule has 6 heteroatoms. The number of aliphatic hydroxyl groups is 2. The van der Waals surface area contributed by atoms with Crippen LogP contribution in [0.3, 0.4) is 0 Å². The molecule has 0 saturated heterocycles. The normalized spacial score (nSPS) is 12.4. The van der Waals surface area contributed by atoms with Gasteiger partial charge in [0, 0.05) is 39.4 Å². The van der Waals surface area contributed by atoms with Crippen LogP contribution in [0.1, 0.15) is 5.56 Å². The van der Waals surface area contributed by atoms with E-state index in [0.717, 1.165) is 11.4 Å². The largest absolute Gasteiger partial charge is 0.394 e. The van der Waals surface area contributed by atoms with E-state index in [4.69, 9.17) is 5.11 Å². The summed E-state index contributed by atoms with van der Waals surface area (Å²) >= 11 is 0. The van der Waals surface area contributed by atoms with Crippen molar-refractivity contribution in [3.05, 3.63) is 11.8 Å². The van der Waals surface area contributed by atoms with Crippen molar-refractivity contribution in [2.75, 3.05) is 44.1 Å². The van der Waals surface area contributed by atoms with E-state index < -0.39 is 6.10 Å². The van der Waals surface area contributed by atoms with Gasteiger partial charge in [-0.3, -0.25) is 0 Å². The summed E-state index contributed by atoms with van der Waals surface area (Å²) in [5, 5.41) is 18.2. The molecule has 17 heavy (non-hydrogen) atoms. The highest BCUT2D eigenvalue weighted by molar-refractivity contribution is 5.48. The Balaban J connectivity index is 2.87. The van der Waals surface area contributed by atoms with Crippen LogP contribution >= 0.6 is 0 Å². The van der Waals surface area contributed by atoms with Gasteiger partial charge in [-0.05, 0) is 6.92 Å². The van der Waals surface area contributed by atoms with Gasteiger partial charge in [0.1, 0.15) is 5.82 Å². The number of anilines is 2. The van der Waals surface area contributed by atoms with Gasteiger partial charge in [0.05, 0.1) is 12.7 Å². The van der Waals surface area contributed by atoms with Crippen molar-refractivity contribution in [2.24, 2.45) is 0 Å². The molecular formula is C11H20N4O2. The molecule has 0 aliphatic heterocycles. The van der Waals surface area contributed by atoms with Gasteiger partial charge in [-0.15, -0.1) is 0 Å². The van der Waals surface area contributed by atoms with Gasteiger partial charge in [0.2, 0.25) is 5.95 Å². The minimum absolute atomic E-state index is 0.267. The van der Waals surface area contributed by atoms with Crippen molar-refractivity contribution < 1.29 is 10.2 Å². The lowest BCUT2D eigenvalue weighted by atomic mass is 10.3. The second-order valence-electron chi connectivity index (χ2n) is 4.29. The Morgan fingerprint density at radius 3 is 2.53 bits per heavy atom. The van der Waals surface area contributed by atoms with Crippen molar-refractivity contribution in [3.63, 3.8) is 0 Å². The summed E-state index contributed by atoms with van der Waals surface area (Å²) in [7, 11) is 5.62. The topological polar surface area (TPSA) is 72.7 Å². The van der Waals surface area contributed by atoms with E-state index in [1.54, 1.807) is 18.1 Å². The molecule has 0 bridgehead atoms. The second-order valence-corrected chi connectivity index (χ2v) is 4.29. The fraction of sp³-hybridized carbons (Fsp3) is 0.636. The molecule has 1 atom stereocenters. The van der Waals surface area contributed by atoms with Gasteiger partial charge in [-0.2, -0.15) is 4.98 Å². The number of hydrogen-bond acceptors (Lipinski definition) is 6. The van der Waals surface area contributed by atoms with Crippen LogP contribution in [0.5, 0.6) is 0 Å². The molecule has 2 N–H and O–H groups in total. The van der Waals surface area contributed by atoms with Gasteiger partial charge < -0.3 is 20.0 Å². The summed E-state index contributed by atoms with van der Waals surface area (Å²) < 4.78 is 0. The molecule has 1 aromatic rings. The summed E-state index contributed by atoms with van der Waals surface area (Å²) in [4.78, 5) is 12.2. The number of aryl methyl sites for hydroxylation is 1. The first-order valence-electron chi connectivity index (χ1n) is 5.46. The Morgan fingerprint density at radius 2 is 2.00 bits per heavy atom. The van der Waals surface area contributed by atoms with E-state index in [-0.39, 0.29) is 6.61 Å². The maximum absolute atomic E-state index is 9.37. The highest BCUT2D eigenvalue weighted by Crippen LogP contribution is 2.16. The fourth-order valence-electron chi connectivity index (χ4n) is 1.52. The summed E-state index contributed by atoms with van der Waals surface area (Å²) in [6, 6.07) is 0. The van der Waals surface area contributed by atoms with Crippen LogP contribution in [0.4, 0.5) is 11.8 Å². The smallest absolute Gasteiger partial charge is 0.227 e. The zero-order chi connectivity index (χ0) is 13.0. The average molecular weight is 240 g/mol. The number of aliphatic hydroxyl groups excluding tert-OH is 2. The van der Waals surface area contributed by atoms with Crippen LogP contribution in [0.25, 0.3) is 0 Å². The highest BCUT2D eigenvalue weighted by atomic mass is 16.3. The maximum Gasteiger partial charge on any atom is 0.227 e. The third kappa shape index (κ3) is 3.54. The predicted octanol–water partition coefficient (Wildman–Crippen LogP) is -0.360. The molecule has 0 spiro atoms. The monoisotopic (exact) mass is 240 g/mol. The molecule has 0 aliphatic rings. The van der Waals surface area contributed by atoms with Crippen LogP contribution in [-0.2, 0) is 0 Å². The lowest BCUT2D eigenvalue weighted by molar-refractivity contribution is 0.101. The van der Waals surface area contributed by atoms with Gasteiger partial charge >= 0.3 is 0 Å². The van der Waals surface area contributed by atoms with Crippen LogP contribution in [0.15, 0.2) is 6.20 Å². The molecule has 0 fully saturated rings. The summed E-state index contributed by atoms with van der Waals surface area (Å²) in [5.41, 5.74) is 0.995. The lowest BCUT2D eigenvalue weighted by Gasteiger charge is -2.22. The molecule has 6 nitrogen and oxygen atoms in total. The fourth-order valence-corrected chi connectivity index (χ4v) is 1.52. The number of likely N-dealkylation sites (N-methyl/N-ethyl adjacent to an activating group) is 1. The number of aromatic nitrogens is 2. The summed E-state index contributed by atoms with van der Waals surface area (Å²) in [6.45, 7) is 1.98. The molecule has 0 amide bonds. The highest BCUT2D eigenvalue weighted by Gasteiger charge is 2.12. The second kappa shape index (κ2) is 5.79. The standard InChI is InChI=1S/C11H20N4O2/c1-8-5-12-11(13-10(8)14(2)3)15(4)6-9(17)7-16/h5,9,16-17H,6-7H2,1-4H3. The lowest BCUT2D eigenvalue weighted by Crippen LogP contribution is -2.32. The Kier molecular flexibility index (Phi) is 4.65. The predicted molar refractivity (Wildman–Crippen MR) is 67.5 cm³/mol. The number of hydrogen-bond donors (Lipinski definition) is 2. The van der Waals surface area contributed by atoms with E-state index in [2.05, 4.69) is 9.97 Å². The molecule has 0 radical (unpaired) electrons. The average Bonchev–Trinajstić information content (AvgIpc) is 2.28. The first kappa shape index (κ1) is 13.7. The van der Waals surface area contributed by atoms with Crippen molar-refractivity contribution in [3.8, 4) is 0 Å². The van der Waals surface area contributed by atoms with Crippen molar-refractivity contribution in [1.82, 2.24) is 9.97 Å². The Morgan fingerprint density at radius 1 is 1.35 bits per heavy atom. The number of rotatable bonds is 5. The third-order valence-corrected chi connectivity index (χ3v) is 2.39. The van der Waals surface area contributed by atoms with E-state index >= 15 is 0 Å². The first-order valence-corrected chi connectivity index (χ1v) is 5.46. The van der Waals surface area contributed by atoms with Crippen molar-refractivity contribution >= 4 is 11.8 Å². The first-order chi connectivity index (χ1) is 7.95. The molecule has 1 heterocycles. The Labute approximate surface area is 102 Å². The maximum atomic E-state index is 9.37. The van der Waals surface area contributed by atoms with E-state index in [1.165, 1.54) is 0 Å². The van der Waals surface area contributed by atoms with E-state index in [1.807, 2.05) is 25.9 Å². The number of nitrogens with zero attached hydrogens (tertiary/aromatic N) is 4. The van der Waals surface area contributed by atoms with Crippen LogP contribution in [0, 0.1) is 6.92 Å². The third-order valence-electron chi connectivity index (χ3n) is 2.39. The zero-order valence-electron chi connectivity index (χ0n) is 10.8. The molecular weight excluding hydrogens is 220 g/mol. The minimum Gasteiger partial charge on any atom is -0.394 e. The minimum atomic E-state index is -0.785. The quantitative estimate of drug-likeness (QED) is 0.732. The van der Waals surface area contributed by atoms with Gasteiger partial charge in [-0.25, -0.2) is 4.98 Å². The Bertz CT molecular complexity index is 370. The van der Waals surface area contributed by atoms with Crippen molar-refractivity contribution in [2.45, 2.75) is 13.0 Å². The summed E-state index contributed by atoms with van der Waals surface area (Å²) in [6.07, 6.45) is 0.965. The van der Waals surface area contributed by atoms with Gasteiger partial charge in [0.15, 0.2) is 0 Å². The molecule has 0 aromatic carbocycles. The van der Waals surface area contributed by atoms with Crippen molar-refractivity contribution in [1.29, 1.82) is 0 Å². The molecule has 1 unspecified atom stereocenters. The van der Waals surface area contributed by atoms with E-state index in [9.17, 15) is 5.11 Å². The SMILES string of the molecule is Cc1cnc(N(C)CC(O)CO)nc1N(C)C. The molecule has 0 saturated carbocycles. The van der Waals surface area contributed by atoms with Crippen LogP contribution < -0.4 is 9.80 Å².